The molecule has 0 bridgehead atoms. The number of hydrogen-bond donors (Lipinski definition) is 1. The number of nitrogens with zero attached hydrogens (tertiary/aromatic N) is 3. The number of isocyanates is 1. The largest absolute Gasteiger partial charge is 0.480 e. The van der Waals surface area contributed by atoms with Crippen LogP contribution in [0.25, 0.3) is 4.13 Å². The highest BCUT2D eigenvalue weighted by molar-refractivity contribution is 8.13. The van der Waals surface area contributed by atoms with Crippen molar-refractivity contribution in [3.8, 4) is 0 Å². The van der Waals surface area contributed by atoms with Gasteiger partial charge in [0.05, 0.1) is 12.3 Å². The van der Waals surface area contributed by atoms with E-state index in [1.165, 1.54) is 37.5 Å². The number of alkyl halides is 6. The minimum Gasteiger partial charge on any atom is -0.449 e. The van der Waals surface area contributed by atoms with Crippen LogP contribution in [0.5, 0.6) is 0 Å². The molecule has 0 fully saturated rings. The van der Waals surface area contributed by atoms with E-state index in [0.29, 0.717) is 18.0 Å². The quantitative estimate of drug-likeness (QED) is 0.0653. The van der Waals surface area contributed by atoms with Gasteiger partial charge < -0.3 is 8.86 Å². The highest BCUT2D eigenvalue weighted by atomic mass is 32.3. The predicted molar refractivity (Wildman–Crippen MR) is 155 cm³/mol. The Balaban J connectivity index is 0.000000595. The first kappa shape index (κ1) is 40.5. The first-order chi connectivity index (χ1) is 21.4. The van der Waals surface area contributed by atoms with Crippen LogP contribution in [0.4, 0.5) is 42.5 Å². The molecule has 0 unspecified atom stereocenters. The Morgan fingerprint density at radius 1 is 0.870 bits per heavy atom. The average Bonchev–Trinajstić information content (AvgIpc) is 2.95. The Labute approximate surface area is 263 Å². The smallest absolute Gasteiger partial charge is 0.449 e. The summed E-state index contributed by atoms with van der Waals surface area (Å²) in [6.45, 7) is 3.68. The third-order valence-electron chi connectivity index (χ3n) is 5.92. The first-order valence-electron chi connectivity index (χ1n) is 13.9. The summed E-state index contributed by atoms with van der Waals surface area (Å²) in [5, 5.41) is 2.66. The van der Waals surface area contributed by atoms with Gasteiger partial charge in [-0.05, 0) is 49.9 Å². The van der Waals surface area contributed by atoms with Gasteiger partial charge in [-0.3, -0.25) is 5.32 Å². The van der Waals surface area contributed by atoms with Gasteiger partial charge in [0.25, 0.3) is 0 Å². The molecule has 11 nitrogen and oxygen atoms in total. The number of aliphatic imine (C=N–C) groups is 1. The lowest BCUT2D eigenvalue weighted by Crippen LogP contribution is -2.37. The zero-order valence-electron chi connectivity index (χ0n) is 24.7. The van der Waals surface area contributed by atoms with Crippen LogP contribution in [-0.2, 0) is 42.5 Å². The molecule has 0 saturated carbocycles. The van der Waals surface area contributed by atoms with Crippen molar-refractivity contribution in [3.05, 3.63) is 58.5 Å². The second kappa shape index (κ2) is 19.2. The maximum atomic E-state index is 11.8. The summed E-state index contributed by atoms with van der Waals surface area (Å²) in [5.41, 5.74) is -9.90. The van der Waals surface area contributed by atoms with Crippen molar-refractivity contribution in [2.24, 2.45) is 4.99 Å². The van der Waals surface area contributed by atoms with Crippen molar-refractivity contribution in [3.63, 3.8) is 0 Å². The molecular formula is C27H34F6N4O7S2. The zero-order valence-corrected chi connectivity index (χ0v) is 26.3. The van der Waals surface area contributed by atoms with E-state index in [0.717, 1.165) is 42.8 Å². The summed E-state index contributed by atoms with van der Waals surface area (Å²) < 4.78 is 117. The van der Waals surface area contributed by atoms with Gasteiger partial charge in [-0.2, -0.15) is 31.3 Å². The van der Waals surface area contributed by atoms with Crippen molar-refractivity contribution >= 4 is 43.6 Å². The Morgan fingerprint density at radius 2 is 1.46 bits per heavy atom. The van der Waals surface area contributed by atoms with E-state index in [2.05, 4.69) is 46.2 Å². The Bertz CT molecular complexity index is 1450. The molecule has 0 aliphatic rings. The molecule has 1 N–H and O–H groups in total. The monoisotopic (exact) mass is 704 g/mol. The number of benzene rings is 1. The molecule has 1 aromatic carbocycles. The highest BCUT2D eigenvalue weighted by Crippen LogP contribution is 2.36. The molecule has 2 rings (SSSR count). The van der Waals surface area contributed by atoms with E-state index in [-0.39, 0.29) is 0 Å². The number of hydrogen-bond acceptors (Lipinski definition) is 8. The van der Waals surface area contributed by atoms with Crippen LogP contribution in [0.1, 0.15) is 64.0 Å². The number of nitrogens with one attached hydrogen (secondary N) is 1. The van der Waals surface area contributed by atoms with E-state index in [4.69, 9.17) is 4.74 Å². The number of halogens is 6. The average molecular weight is 705 g/mol. The second-order valence-corrected chi connectivity index (χ2v) is 13.0. The van der Waals surface area contributed by atoms with E-state index in [9.17, 15) is 52.8 Å². The fraction of sp³-hybridized carbons (Fsp3) is 0.519. The summed E-state index contributed by atoms with van der Waals surface area (Å²) in [5.74, 6) is 0. The SMILES string of the molecule is CCCCCCc1cccc[n+]1CCCCCCOC(=O)Nc1ccc(N=C=O)cc1.O=S(=O)([N-]S(=O)(=O)C(F)(F)F)C(F)(F)F. The van der Waals surface area contributed by atoms with Gasteiger partial charge in [-0.1, -0.05) is 32.3 Å². The van der Waals surface area contributed by atoms with Crippen LogP contribution in [-0.4, -0.2) is 46.6 Å². The summed E-state index contributed by atoms with van der Waals surface area (Å²) in [4.78, 5) is 25.6. The van der Waals surface area contributed by atoms with Crippen LogP contribution < -0.4 is 9.88 Å². The van der Waals surface area contributed by atoms with Crippen molar-refractivity contribution in [2.45, 2.75) is 82.3 Å². The Kier molecular flexibility index (Phi) is 16.9. The number of pyridine rings is 1. The lowest BCUT2D eigenvalue weighted by Gasteiger charge is -2.22. The van der Waals surface area contributed by atoms with Crippen LogP contribution in [0.3, 0.4) is 0 Å². The topological polar surface area (TPSA) is 154 Å². The van der Waals surface area contributed by atoms with E-state index in [1.54, 1.807) is 24.3 Å². The minimum absolute atomic E-state index is 0.403. The summed E-state index contributed by atoms with van der Waals surface area (Å²) in [6.07, 6.45) is 13.6. The number of rotatable bonds is 16. The number of unbranched alkanes of at least 4 members (excludes halogenated alkanes) is 6. The molecule has 1 amide bonds. The molecule has 0 saturated heterocycles. The molecule has 46 heavy (non-hydrogen) atoms. The molecule has 19 heteroatoms. The summed E-state index contributed by atoms with van der Waals surface area (Å²) in [6, 6.07) is 13.0. The lowest BCUT2D eigenvalue weighted by molar-refractivity contribution is -0.704. The van der Waals surface area contributed by atoms with Gasteiger partial charge in [0.1, 0.15) is 6.54 Å². The third kappa shape index (κ3) is 15.2. The van der Waals surface area contributed by atoms with Crippen LogP contribution in [0.15, 0.2) is 53.7 Å². The number of aromatic nitrogens is 1. The van der Waals surface area contributed by atoms with Crippen molar-refractivity contribution in [2.75, 3.05) is 11.9 Å². The van der Waals surface area contributed by atoms with Crippen LogP contribution in [0.2, 0.25) is 0 Å². The number of carbonyl (C=O) groups excluding carboxylic acids is 2. The molecule has 0 aliphatic carbocycles. The molecule has 258 valence electrons. The van der Waals surface area contributed by atoms with E-state index in [1.807, 2.05) is 0 Å². The number of sulfonamides is 2. The van der Waals surface area contributed by atoms with Gasteiger partial charge in [-0.15, -0.1) is 0 Å². The van der Waals surface area contributed by atoms with Crippen LogP contribution >= 0.6 is 0 Å². The first-order valence-corrected chi connectivity index (χ1v) is 16.8. The number of amides is 1. The fourth-order valence-electron chi connectivity index (χ4n) is 3.63. The summed E-state index contributed by atoms with van der Waals surface area (Å²) >= 11 is 0. The number of anilines is 1. The van der Waals surface area contributed by atoms with Gasteiger partial charge in [0, 0.05) is 30.7 Å². The highest BCUT2D eigenvalue weighted by Gasteiger charge is 2.46. The molecule has 2 aromatic rings. The Morgan fingerprint density at radius 3 is 2.02 bits per heavy atom. The molecule has 0 atom stereocenters. The van der Waals surface area contributed by atoms with E-state index < -0.39 is 37.2 Å². The van der Waals surface area contributed by atoms with Gasteiger partial charge >= 0.3 is 17.1 Å². The predicted octanol–water partition coefficient (Wildman–Crippen LogP) is 6.93. The normalized spacial score (nSPS) is 12.0. The Hall–Kier alpha value is -3.54. The summed E-state index contributed by atoms with van der Waals surface area (Å²) in [7, 11) is -13.4. The second-order valence-electron chi connectivity index (χ2n) is 9.54. The lowest BCUT2D eigenvalue weighted by atomic mass is 10.1. The molecule has 1 aromatic heterocycles. The molecule has 0 radical (unpaired) electrons. The van der Waals surface area contributed by atoms with Crippen molar-refractivity contribution in [1.29, 1.82) is 0 Å². The van der Waals surface area contributed by atoms with Gasteiger partial charge in [0.15, 0.2) is 31.9 Å². The maximum absolute atomic E-state index is 11.8. The standard InChI is InChI=1S/C25H33N3O3.C2F6NO4S2/c1-2-3-4-7-12-24-13-8-10-19-28(24)18-9-5-6-11-20-31-25(30)27-23-16-14-22(15-17-23)26-21-29;3-1(4,5)14(10,11)9-15(12,13)2(6,7)8/h8,10,13-17,19H,2-7,9,11-12,18,20H2,1H3;/q;-1/p+1. The molecule has 0 aliphatic heterocycles. The molecule has 1 heterocycles. The van der Waals surface area contributed by atoms with Gasteiger partial charge in [-0.25, -0.2) is 31.0 Å². The molecule has 0 spiro atoms. The maximum Gasteiger partial charge on any atom is 0.480 e. The fourth-order valence-corrected chi connectivity index (χ4v) is 5.34. The number of carbonyl (C=O) groups is 1. The van der Waals surface area contributed by atoms with Crippen molar-refractivity contribution in [1.82, 2.24) is 0 Å². The van der Waals surface area contributed by atoms with Crippen LogP contribution in [0, 0.1) is 0 Å². The minimum atomic E-state index is -6.72. The van der Waals surface area contributed by atoms with Crippen molar-refractivity contribution < 1.29 is 62.1 Å². The zero-order chi connectivity index (χ0) is 34.9. The van der Waals surface area contributed by atoms with E-state index >= 15 is 0 Å². The molecular weight excluding hydrogens is 670 g/mol. The number of aryl methyl sites for hydroxylation is 2. The van der Waals surface area contributed by atoms with Gasteiger partial charge in [0.2, 0.25) is 6.08 Å². The third-order valence-corrected chi connectivity index (χ3v) is 8.66. The number of ether oxygens (including phenoxy) is 1.